The second kappa shape index (κ2) is 10.9. The van der Waals surface area contributed by atoms with E-state index in [1.165, 1.54) is 50.5 Å². The van der Waals surface area contributed by atoms with E-state index < -0.39 is 0 Å². The summed E-state index contributed by atoms with van der Waals surface area (Å²) in [5, 5.41) is 3.74. The van der Waals surface area contributed by atoms with E-state index in [9.17, 15) is 0 Å². The summed E-state index contributed by atoms with van der Waals surface area (Å²) in [5.74, 6) is 0.971. The average Bonchev–Trinajstić information content (AvgIpc) is 2.41. The van der Waals surface area contributed by atoms with Crippen LogP contribution in [0.5, 0.6) is 5.75 Å². The number of halogens is 3. The summed E-state index contributed by atoms with van der Waals surface area (Å²) in [4.78, 5) is 0. The molecule has 1 aliphatic rings. The van der Waals surface area contributed by atoms with Gasteiger partial charge in [0.2, 0.25) is 0 Å². The summed E-state index contributed by atoms with van der Waals surface area (Å²) in [6.45, 7) is 3.59. The fourth-order valence-electron chi connectivity index (χ4n) is 2.97. The van der Waals surface area contributed by atoms with Crippen molar-refractivity contribution >= 4 is 44.3 Å². The van der Waals surface area contributed by atoms with Gasteiger partial charge in [0.05, 0.1) is 11.1 Å². The fraction of sp³-hybridized carbons (Fsp3) is 0.647. The molecule has 0 bridgehead atoms. The molecule has 0 saturated heterocycles. The molecule has 2 nitrogen and oxygen atoms in total. The average molecular weight is 456 g/mol. The largest absolute Gasteiger partial charge is 0.492 e. The van der Waals surface area contributed by atoms with Crippen molar-refractivity contribution in [2.75, 3.05) is 6.61 Å². The van der Waals surface area contributed by atoms with Crippen LogP contribution < -0.4 is 10.1 Å². The summed E-state index contributed by atoms with van der Waals surface area (Å²) < 4.78 is 7.91. The van der Waals surface area contributed by atoms with Gasteiger partial charge in [-0.05, 0) is 47.8 Å². The quantitative estimate of drug-likeness (QED) is 0.568. The first-order chi connectivity index (χ1) is 10.2. The molecule has 1 N–H and O–H groups in total. The third kappa shape index (κ3) is 6.38. The Morgan fingerprint density at radius 2 is 1.73 bits per heavy atom. The van der Waals surface area contributed by atoms with E-state index in [0.717, 1.165) is 21.2 Å². The van der Waals surface area contributed by atoms with Crippen molar-refractivity contribution in [2.24, 2.45) is 0 Å². The Labute approximate surface area is 157 Å². The first kappa shape index (κ1) is 20.3. The normalized spacial score (nSPS) is 16.5. The van der Waals surface area contributed by atoms with Gasteiger partial charge in [0.25, 0.3) is 0 Å². The maximum atomic E-state index is 5.80. The number of ether oxygens (including phenoxy) is 1. The third-order valence-electron chi connectivity index (χ3n) is 4.06. The molecule has 0 atom stereocenters. The lowest BCUT2D eigenvalue weighted by molar-refractivity contribution is 0.330. The fourth-order valence-corrected chi connectivity index (χ4v) is 4.39. The van der Waals surface area contributed by atoms with E-state index in [-0.39, 0.29) is 12.4 Å². The summed E-state index contributed by atoms with van der Waals surface area (Å²) in [7, 11) is 0. The van der Waals surface area contributed by atoms with Crippen molar-refractivity contribution in [3.63, 3.8) is 0 Å². The van der Waals surface area contributed by atoms with Gasteiger partial charge in [-0.25, -0.2) is 0 Å². The molecule has 2 rings (SSSR count). The van der Waals surface area contributed by atoms with Gasteiger partial charge in [0.1, 0.15) is 5.75 Å². The number of rotatable bonds is 5. The van der Waals surface area contributed by atoms with Gasteiger partial charge >= 0.3 is 0 Å². The van der Waals surface area contributed by atoms with Crippen molar-refractivity contribution in [1.29, 1.82) is 0 Å². The Morgan fingerprint density at radius 3 is 2.36 bits per heavy atom. The van der Waals surface area contributed by atoms with E-state index in [0.29, 0.717) is 12.6 Å². The summed E-state index contributed by atoms with van der Waals surface area (Å²) in [5.41, 5.74) is 1.22. The number of benzene rings is 1. The Bertz CT molecular complexity index is 449. The molecule has 1 aromatic carbocycles. The second-order valence-corrected chi connectivity index (χ2v) is 7.50. The van der Waals surface area contributed by atoms with E-state index >= 15 is 0 Å². The smallest absolute Gasteiger partial charge is 0.138 e. The molecular formula is C17H26Br2ClNO. The highest BCUT2D eigenvalue weighted by molar-refractivity contribution is 9.11. The van der Waals surface area contributed by atoms with Crippen molar-refractivity contribution in [3.05, 3.63) is 26.6 Å². The van der Waals surface area contributed by atoms with Crippen LogP contribution in [0.3, 0.4) is 0 Å². The minimum Gasteiger partial charge on any atom is -0.492 e. The molecule has 0 amide bonds. The Morgan fingerprint density at radius 1 is 1.09 bits per heavy atom. The number of nitrogens with one attached hydrogen (secondary N) is 1. The van der Waals surface area contributed by atoms with Crippen molar-refractivity contribution in [3.8, 4) is 5.75 Å². The molecule has 0 radical (unpaired) electrons. The molecule has 0 heterocycles. The van der Waals surface area contributed by atoms with Crippen molar-refractivity contribution in [2.45, 2.75) is 64.5 Å². The van der Waals surface area contributed by atoms with Crippen LogP contribution in [0.2, 0.25) is 0 Å². The van der Waals surface area contributed by atoms with E-state index in [1.54, 1.807) is 0 Å². The van der Waals surface area contributed by atoms with Gasteiger partial charge in [-0.2, -0.15) is 0 Å². The Hall–Kier alpha value is 0.230. The maximum absolute atomic E-state index is 5.80. The summed E-state index contributed by atoms with van der Waals surface area (Å²) in [6, 6.07) is 4.85. The van der Waals surface area contributed by atoms with Crippen LogP contribution in [0.15, 0.2) is 21.1 Å². The zero-order valence-corrected chi connectivity index (χ0v) is 17.2. The second-order valence-electron chi connectivity index (χ2n) is 5.73. The van der Waals surface area contributed by atoms with Gasteiger partial charge < -0.3 is 10.1 Å². The van der Waals surface area contributed by atoms with Crippen LogP contribution in [0.25, 0.3) is 0 Å². The first-order valence-corrected chi connectivity index (χ1v) is 9.63. The molecule has 5 heteroatoms. The molecule has 1 fully saturated rings. The van der Waals surface area contributed by atoms with Crippen molar-refractivity contribution < 1.29 is 4.74 Å². The van der Waals surface area contributed by atoms with Crippen LogP contribution in [0.1, 0.15) is 57.4 Å². The van der Waals surface area contributed by atoms with Crippen molar-refractivity contribution in [1.82, 2.24) is 5.32 Å². The molecule has 1 saturated carbocycles. The topological polar surface area (TPSA) is 21.3 Å². The van der Waals surface area contributed by atoms with Crippen LogP contribution in [0, 0.1) is 0 Å². The predicted molar refractivity (Wildman–Crippen MR) is 103 cm³/mol. The zero-order chi connectivity index (χ0) is 15.1. The molecule has 1 aromatic rings. The molecule has 1 aliphatic carbocycles. The highest BCUT2D eigenvalue weighted by Gasteiger charge is 2.14. The Kier molecular flexibility index (Phi) is 10.0. The highest BCUT2D eigenvalue weighted by atomic mass is 79.9. The lowest BCUT2D eigenvalue weighted by Crippen LogP contribution is -2.29. The predicted octanol–water partition coefficient (Wildman–Crippen LogP) is 6.23. The van der Waals surface area contributed by atoms with E-state index in [4.69, 9.17) is 4.74 Å². The SMILES string of the molecule is CCOc1c(Br)cc(Br)cc1CNC1CCCCCCC1.Cl. The molecule has 126 valence electrons. The monoisotopic (exact) mass is 453 g/mol. The molecule has 0 unspecified atom stereocenters. The first-order valence-electron chi connectivity index (χ1n) is 8.04. The lowest BCUT2D eigenvalue weighted by Gasteiger charge is -2.22. The Balaban J connectivity index is 0.00000242. The molecular weight excluding hydrogens is 429 g/mol. The van der Waals surface area contributed by atoms with Crippen LogP contribution in [-0.4, -0.2) is 12.6 Å². The minimum absolute atomic E-state index is 0. The van der Waals surface area contributed by atoms with Crippen LogP contribution in [-0.2, 0) is 6.54 Å². The molecule has 0 spiro atoms. The summed E-state index contributed by atoms with van der Waals surface area (Å²) >= 11 is 7.18. The number of hydrogen-bond acceptors (Lipinski definition) is 2. The van der Waals surface area contributed by atoms with Gasteiger partial charge in [0.15, 0.2) is 0 Å². The lowest BCUT2D eigenvalue weighted by atomic mass is 9.96. The zero-order valence-electron chi connectivity index (χ0n) is 13.2. The molecule has 0 aromatic heterocycles. The number of hydrogen-bond donors (Lipinski definition) is 1. The standard InChI is InChI=1S/C17H25Br2NO.ClH/c1-2-21-17-13(10-14(18)11-16(17)19)12-20-15-8-6-4-3-5-7-9-15;/h10-11,15,20H,2-9,12H2,1H3;1H. The van der Waals surface area contributed by atoms with E-state index in [2.05, 4.69) is 43.2 Å². The van der Waals surface area contributed by atoms with Gasteiger partial charge in [0, 0.05) is 22.6 Å². The highest BCUT2D eigenvalue weighted by Crippen LogP contribution is 2.33. The van der Waals surface area contributed by atoms with Gasteiger partial charge in [-0.1, -0.05) is 48.0 Å². The molecule has 0 aliphatic heterocycles. The van der Waals surface area contributed by atoms with E-state index in [1.807, 2.05) is 13.0 Å². The van der Waals surface area contributed by atoms with Gasteiger partial charge in [-0.15, -0.1) is 12.4 Å². The summed E-state index contributed by atoms with van der Waals surface area (Å²) in [6.07, 6.45) is 9.53. The maximum Gasteiger partial charge on any atom is 0.138 e. The third-order valence-corrected chi connectivity index (χ3v) is 5.11. The molecule has 22 heavy (non-hydrogen) atoms. The van der Waals surface area contributed by atoms with Gasteiger partial charge in [-0.3, -0.25) is 0 Å². The van der Waals surface area contributed by atoms with Crippen LogP contribution >= 0.6 is 44.3 Å². The minimum atomic E-state index is 0. The van der Waals surface area contributed by atoms with Crippen LogP contribution in [0.4, 0.5) is 0 Å².